The molecule has 0 aliphatic heterocycles. The van der Waals surface area contributed by atoms with Crippen LogP contribution in [0.4, 0.5) is 0 Å². The maximum absolute atomic E-state index is 5.56. The lowest BCUT2D eigenvalue weighted by Crippen LogP contribution is -2.44. The van der Waals surface area contributed by atoms with Gasteiger partial charge >= 0.3 is 0 Å². The van der Waals surface area contributed by atoms with E-state index in [0.717, 1.165) is 19.0 Å². The minimum Gasteiger partial charge on any atom is -0.330 e. The largest absolute Gasteiger partial charge is 0.330 e. The Morgan fingerprint density at radius 2 is 1.86 bits per heavy atom. The van der Waals surface area contributed by atoms with Crippen molar-refractivity contribution < 1.29 is 0 Å². The number of hydrogen-bond acceptors (Lipinski definition) is 3. The second-order valence-electron chi connectivity index (χ2n) is 4.57. The van der Waals surface area contributed by atoms with Crippen LogP contribution in [0.3, 0.4) is 0 Å². The van der Waals surface area contributed by atoms with E-state index < -0.39 is 0 Å². The van der Waals surface area contributed by atoms with E-state index in [-0.39, 0.29) is 0 Å². The predicted octanol–water partition coefficient (Wildman–Crippen LogP) is 0.751. The molecule has 2 N–H and O–H groups in total. The molecule has 0 heterocycles. The van der Waals surface area contributed by atoms with Gasteiger partial charge in [-0.25, -0.2) is 0 Å². The molecule has 0 aromatic heterocycles. The summed E-state index contributed by atoms with van der Waals surface area (Å²) in [7, 11) is 4.28. The van der Waals surface area contributed by atoms with Gasteiger partial charge in [0.05, 0.1) is 0 Å². The van der Waals surface area contributed by atoms with E-state index in [1.165, 1.54) is 38.9 Å². The van der Waals surface area contributed by atoms with Crippen LogP contribution in [0.15, 0.2) is 0 Å². The average Bonchev–Trinajstić information content (AvgIpc) is 2.06. The molecule has 0 atom stereocenters. The van der Waals surface area contributed by atoms with Crippen molar-refractivity contribution in [2.24, 2.45) is 5.73 Å². The van der Waals surface area contributed by atoms with Gasteiger partial charge in [0.2, 0.25) is 0 Å². The monoisotopic (exact) mass is 199 g/mol. The van der Waals surface area contributed by atoms with Gasteiger partial charge in [-0.05, 0) is 46.4 Å². The summed E-state index contributed by atoms with van der Waals surface area (Å²) in [4.78, 5) is 4.88. The second kappa shape index (κ2) is 6.38. The van der Waals surface area contributed by atoms with Crippen molar-refractivity contribution >= 4 is 0 Å². The third kappa shape index (κ3) is 3.95. The normalized spacial score (nSPS) is 17.8. The molecule has 84 valence electrons. The molecule has 14 heavy (non-hydrogen) atoms. The van der Waals surface area contributed by atoms with Crippen LogP contribution in [-0.2, 0) is 0 Å². The molecule has 1 saturated carbocycles. The Morgan fingerprint density at radius 1 is 1.14 bits per heavy atom. The lowest BCUT2D eigenvalue weighted by Gasteiger charge is -2.38. The van der Waals surface area contributed by atoms with E-state index in [1.807, 2.05) is 0 Å². The van der Waals surface area contributed by atoms with Crippen LogP contribution in [0, 0.1) is 0 Å². The van der Waals surface area contributed by atoms with Crippen molar-refractivity contribution in [2.45, 2.75) is 31.7 Å². The van der Waals surface area contributed by atoms with E-state index in [1.54, 1.807) is 0 Å². The fraction of sp³-hybridized carbons (Fsp3) is 1.00. The molecule has 3 nitrogen and oxygen atoms in total. The Balaban J connectivity index is 2.20. The van der Waals surface area contributed by atoms with Crippen LogP contribution >= 0.6 is 0 Å². The number of nitrogens with two attached hydrogens (primary N) is 1. The summed E-state index contributed by atoms with van der Waals surface area (Å²) in [6.07, 6.45) is 5.37. The van der Waals surface area contributed by atoms with Gasteiger partial charge in [0.25, 0.3) is 0 Å². The van der Waals surface area contributed by atoms with Crippen LogP contribution < -0.4 is 5.73 Å². The Hall–Kier alpha value is -0.120. The molecule has 1 aliphatic carbocycles. The van der Waals surface area contributed by atoms with Crippen molar-refractivity contribution in [3.8, 4) is 0 Å². The molecular weight excluding hydrogens is 174 g/mol. The van der Waals surface area contributed by atoms with Crippen molar-refractivity contribution in [2.75, 3.05) is 40.3 Å². The third-order valence-electron chi connectivity index (χ3n) is 3.07. The van der Waals surface area contributed by atoms with Gasteiger partial charge in [0, 0.05) is 19.1 Å². The lowest BCUT2D eigenvalue weighted by molar-refractivity contribution is 0.117. The molecule has 0 radical (unpaired) electrons. The van der Waals surface area contributed by atoms with Crippen LogP contribution in [0.2, 0.25) is 0 Å². The highest BCUT2D eigenvalue weighted by molar-refractivity contribution is 4.80. The fourth-order valence-corrected chi connectivity index (χ4v) is 1.85. The van der Waals surface area contributed by atoms with Crippen molar-refractivity contribution in [3.63, 3.8) is 0 Å². The average molecular weight is 199 g/mol. The van der Waals surface area contributed by atoms with E-state index >= 15 is 0 Å². The lowest BCUT2D eigenvalue weighted by atomic mass is 9.91. The first-order valence-corrected chi connectivity index (χ1v) is 5.83. The van der Waals surface area contributed by atoms with Gasteiger partial charge in [-0.15, -0.1) is 0 Å². The smallest absolute Gasteiger partial charge is 0.0112 e. The quantitative estimate of drug-likeness (QED) is 0.657. The second-order valence-corrected chi connectivity index (χ2v) is 4.57. The Morgan fingerprint density at radius 3 is 2.29 bits per heavy atom. The van der Waals surface area contributed by atoms with Crippen molar-refractivity contribution in [1.82, 2.24) is 9.80 Å². The van der Waals surface area contributed by atoms with Gasteiger partial charge in [-0.2, -0.15) is 0 Å². The summed E-state index contributed by atoms with van der Waals surface area (Å²) in [5.74, 6) is 0. The summed E-state index contributed by atoms with van der Waals surface area (Å²) >= 11 is 0. The summed E-state index contributed by atoms with van der Waals surface area (Å²) in [5.41, 5.74) is 5.56. The minimum atomic E-state index is 0.825. The summed E-state index contributed by atoms with van der Waals surface area (Å²) in [5, 5.41) is 0. The van der Waals surface area contributed by atoms with Gasteiger partial charge < -0.3 is 10.6 Å². The Bertz CT molecular complexity index is 143. The van der Waals surface area contributed by atoms with Gasteiger partial charge in [0.1, 0.15) is 0 Å². The van der Waals surface area contributed by atoms with Crippen LogP contribution in [0.1, 0.15) is 25.7 Å². The van der Waals surface area contributed by atoms with Crippen molar-refractivity contribution in [3.05, 3.63) is 0 Å². The van der Waals surface area contributed by atoms with Crippen molar-refractivity contribution in [1.29, 1.82) is 0 Å². The third-order valence-corrected chi connectivity index (χ3v) is 3.07. The zero-order chi connectivity index (χ0) is 10.4. The molecule has 0 aromatic carbocycles. The van der Waals surface area contributed by atoms with Gasteiger partial charge in [-0.3, -0.25) is 4.90 Å². The van der Waals surface area contributed by atoms with Gasteiger partial charge in [0.15, 0.2) is 0 Å². The Kier molecular flexibility index (Phi) is 5.45. The maximum Gasteiger partial charge on any atom is 0.0112 e. The first-order chi connectivity index (χ1) is 6.74. The molecule has 1 fully saturated rings. The molecule has 0 unspecified atom stereocenters. The van der Waals surface area contributed by atoms with E-state index in [2.05, 4.69) is 23.9 Å². The van der Waals surface area contributed by atoms with Gasteiger partial charge in [-0.1, -0.05) is 6.42 Å². The number of hydrogen-bond donors (Lipinski definition) is 1. The van der Waals surface area contributed by atoms with E-state index in [0.29, 0.717) is 0 Å². The predicted molar refractivity (Wildman–Crippen MR) is 61.4 cm³/mol. The fourth-order valence-electron chi connectivity index (χ4n) is 1.85. The van der Waals surface area contributed by atoms with Crippen LogP contribution in [0.5, 0.6) is 0 Å². The maximum atomic E-state index is 5.56. The molecule has 3 heteroatoms. The van der Waals surface area contributed by atoms with E-state index in [4.69, 9.17) is 5.73 Å². The molecule has 0 spiro atoms. The first-order valence-electron chi connectivity index (χ1n) is 5.83. The zero-order valence-electron chi connectivity index (χ0n) is 9.71. The molecule has 1 rings (SSSR count). The van der Waals surface area contributed by atoms with Crippen LogP contribution in [-0.4, -0.2) is 56.1 Å². The summed E-state index contributed by atoms with van der Waals surface area (Å²) in [6, 6.07) is 0.862. The van der Waals surface area contributed by atoms with Crippen LogP contribution in [0.25, 0.3) is 0 Å². The molecule has 0 saturated heterocycles. The Labute approximate surface area is 88.2 Å². The highest BCUT2D eigenvalue weighted by Crippen LogP contribution is 2.24. The first kappa shape index (κ1) is 12.0. The molecular formula is C11H25N3. The topological polar surface area (TPSA) is 32.5 Å². The molecule has 1 aliphatic rings. The molecule has 0 aromatic rings. The number of likely N-dealkylation sites (N-methyl/N-ethyl adjacent to an activating group) is 1. The number of nitrogens with zero attached hydrogens (tertiary/aromatic N) is 2. The summed E-state index contributed by atoms with van der Waals surface area (Å²) in [6.45, 7) is 4.39. The van der Waals surface area contributed by atoms with E-state index in [9.17, 15) is 0 Å². The molecule has 0 amide bonds. The minimum absolute atomic E-state index is 0.825. The highest BCUT2D eigenvalue weighted by Gasteiger charge is 2.23. The number of rotatable bonds is 7. The highest BCUT2D eigenvalue weighted by atomic mass is 15.2. The molecule has 0 bridgehead atoms. The summed E-state index contributed by atoms with van der Waals surface area (Å²) < 4.78 is 0. The zero-order valence-corrected chi connectivity index (χ0v) is 9.71. The standard InChI is InChI=1S/C11H25N3/c1-13(2)9-10-14(8-4-7-12)11-5-3-6-11/h11H,3-10,12H2,1-2H3. The SMILES string of the molecule is CN(C)CCN(CCCN)C1CCC1.